The third-order valence-corrected chi connectivity index (χ3v) is 4.25. The van der Waals surface area contributed by atoms with Gasteiger partial charge in [-0.2, -0.15) is 0 Å². The topological polar surface area (TPSA) is 42.2 Å². The molecular formula is C14H19N3S. The van der Waals surface area contributed by atoms with Gasteiger partial charge in [-0.3, -0.25) is 0 Å². The molecule has 1 aliphatic rings. The zero-order valence-electron chi connectivity index (χ0n) is 10.9. The molecule has 0 saturated heterocycles. The van der Waals surface area contributed by atoms with Crippen molar-refractivity contribution in [1.29, 1.82) is 0 Å². The molecule has 1 aromatic heterocycles. The molecule has 2 aromatic rings. The molecule has 0 aliphatic heterocycles. The average Bonchev–Trinajstić information content (AvgIpc) is 3.05. The first-order valence-corrected chi connectivity index (χ1v) is 7.38. The van der Waals surface area contributed by atoms with Crippen LogP contribution in [0, 0.1) is 5.92 Å². The number of hydrogen-bond acceptors (Lipinski definition) is 4. The molecule has 1 heterocycles. The number of thiazole rings is 1. The summed E-state index contributed by atoms with van der Waals surface area (Å²) in [5, 5.41) is 1.16. The van der Waals surface area contributed by atoms with Crippen LogP contribution >= 0.6 is 11.3 Å². The molecule has 4 heteroatoms. The molecule has 1 aliphatic carbocycles. The van der Waals surface area contributed by atoms with E-state index in [-0.39, 0.29) is 0 Å². The van der Waals surface area contributed by atoms with Crippen LogP contribution in [-0.2, 0) is 0 Å². The largest absolute Gasteiger partial charge is 0.399 e. The molecule has 2 N–H and O–H groups in total. The van der Waals surface area contributed by atoms with Gasteiger partial charge in [0.25, 0.3) is 0 Å². The molecule has 0 atom stereocenters. The fourth-order valence-electron chi connectivity index (χ4n) is 2.21. The number of hydrogen-bond donors (Lipinski definition) is 1. The Hall–Kier alpha value is -1.29. The molecular weight excluding hydrogens is 242 g/mol. The van der Waals surface area contributed by atoms with Crippen LogP contribution in [0.15, 0.2) is 18.2 Å². The summed E-state index contributed by atoms with van der Waals surface area (Å²) in [6.07, 6.45) is 2.62. The van der Waals surface area contributed by atoms with E-state index in [9.17, 15) is 0 Å². The van der Waals surface area contributed by atoms with Crippen molar-refractivity contribution < 1.29 is 0 Å². The fraction of sp³-hybridized carbons (Fsp3) is 0.500. The first kappa shape index (κ1) is 11.8. The van der Waals surface area contributed by atoms with E-state index in [1.54, 1.807) is 11.3 Å². The normalized spacial score (nSPS) is 15.5. The molecule has 1 saturated carbocycles. The molecule has 1 fully saturated rings. The SMILES string of the molecule is CC(C)CN(c1nc2ccc(N)cc2s1)C1CC1. The minimum Gasteiger partial charge on any atom is -0.399 e. The maximum atomic E-state index is 5.83. The number of nitrogens with zero attached hydrogens (tertiary/aromatic N) is 2. The standard InChI is InChI=1S/C14H19N3S/c1-9(2)8-17(11-4-5-11)14-16-12-6-3-10(15)7-13(12)18-14/h3,6-7,9,11H,4-5,8,15H2,1-2H3. The highest BCUT2D eigenvalue weighted by Crippen LogP contribution is 2.37. The third kappa shape index (κ3) is 2.29. The van der Waals surface area contributed by atoms with Gasteiger partial charge in [0.15, 0.2) is 5.13 Å². The first-order chi connectivity index (χ1) is 8.63. The second-order valence-electron chi connectivity index (χ2n) is 5.50. The van der Waals surface area contributed by atoms with Crippen LogP contribution in [-0.4, -0.2) is 17.6 Å². The first-order valence-electron chi connectivity index (χ1n) is 6.56. The Bertz CT molecular complexity index is 557. The van der Waals surface area contributed by atoms with Crippen molar-refractivity contribution in [3.63, 3.8) is 0 Å². The number of aromatic nitrogens is 1. The zero-order chi connectivity index (χ0) is 12.7. The molecule has 3 rings (SSSR count). The van der Waals surface area contributed by atoms with Gasteiger partial charge in [0.1, 0.15) is 0 Å². The van der Waals surface area contributed by atoms with Gasteiger partial charge < -0.3 is 10.6 Å². The van der Waals surface area contributed by atoms with Crippen LogP contribution in [0.1, 0.15) is 26.7 Å². The predicted molar refractivity (Wildman–Crippen MR) is 79.2 cm³/mol. The van der Waals surface area contributed by atoms with Crippen LogP contribution in [0.5, 0.6) is 0 Å². The molecule has 1 aromatic carbocycles. The van der Waals surface area contributed by atoms with Gasteiger partial charge in [-0.1, -0.05) is 25.2 Å². The van der Waals surface area contributed by atoms with Crippen LogP contribution in [0.4, 0.5) is 10.8 Å². The molecule has 3 nitrogen and oxygen atoms in total. The Morgan fingerprint density at radius 2 is 2.22 bits per heavy atom. The van der Waals surface area contributed by atoms with E-state index in [0.717, 1.165) is 22.9 Å². The maximum Gasteiger partial charge on any atom is 0.186 e. The maximum absolute atomic E-state index is 5.83. The molecule has 0 spiro atoms. The summed E-state index contributed by atoms with van der Waals surface area (Å²) in [4.78, 5) is 7.24. The van der Waals surface area contributed by atoms with Crippen molar-refractivity contribution in [3.05, 3.63) is 18.2 Å². The summed E-state index contributed by atoms with van der Waals surface area (Å²) >= 11 is 1.76. The summed E-state index contributed by atoms with van der Waals surface area (Å²) in [7, 11) is 0. The lowest BCUT2D eigenvalue weighted by atomic mass is 10.2. The van der Waals surface area contributed by atoms with Crippen LogP contribution in [0.25, 0.3) is 10.2 Å². The highest BCUT2D eigenvalue weighted by Gasteiger charge is 2.31. The van der Waals surface area contributed by atoms with Gasteiger partial charge in [0.05, 0.1) is 10.2 Å². The van der Waals surface area contributed by atoms with E-state index in [1.807, 2.05) is 18.2 Å². The molecule has 0 radical (unpaired) electrons. The van der Waals surface area contributed by atoms with E-state index in [2.05, 4.69) is 18.7 Å². The molecule has 96 valence electrons. The Balaban J connectivity index is 1.95. The molecule has 0 amide bonds. The number of nitrogens with two attached hydrogens (primary N) is 1. The van der Waals surface area contributed by atoms with Gasteiger partial charge in [0.2, 0.25) is 0 Å². The number of anilines is 2. The van der Waals surface area contributed by atoms with E-state index in [1.165, 1.54) is 17.5 Å². The van der Waals surface area contributed by atoms with Gasteiger partial charge in [-0.15, -0.1) is 0 Å². The Kier molecular flexibility index (Phi) is 2.90. The number of benzene rings is 1. The third-order valence-electron chi connectivity index (χ3n) is 3.20. The van der Waals surface area contributed by atoms with Gasteiger partial charge >= 0.3 is 0 Å². The summed E-state index contributed by atoms with van der Waals surface area (Å²) in [5.41, 5.74) is 7.71. The van der Waals surface area contributed by atoms with E-state index in [4.69, 9.17) is 10.7 Å². The lowest BCUT2D eigenvalue weighted by molar-refractivity contribution is 0.606. The van der Waals surface area contributed by atoms with Gasteiger partial charge in [0, 0.05) is 18.3 Å². The Morgan fingerprint density at radius 3 is 2.89 bits per heavy atom. The number of rotatable bonds is 4. The smallest absolute Gasteiger partial charge is 0.186 e. The van der Waals surface area contributed by atoms with E-state index >= 15 is 0 Å². The summed E-state index contributed by atoms with van der Waals surface area (Å²) in [5.74, 6) is 0.669. The predicted octanol–water partition coefficient (Wildman–Crippen LogP) is 3.50. The van der Waals surface area contributed by atoms with Crippen LogP contribution in [0.3, 0.4) is 0 Å². The van der Waals surface area contributed by atoms with E-state index in [0.29, 0.717) is 12.0 Å². The quantitative estimate of drug-likeness (QED) is 0.856. The van der Waals surface area contributed by atoms with E-state index < -0.39 is 0 Å². The zero-order valence-corrected chi connectivity index (χ0v) is 11.7. The highest BCUT2D eigenvalue weighted by atomic mass is 32.1. The monoisotopic (exact) mass is 261 g/mol. The van der Waals surface area contributed by atoms with Crippen LogP contribution in [0.2, 0.25) is 0 Å². The lowest BCUT2D eigenvalue weighted by Crippen LogP contribution is -2.29. The summed E-state index contributed by atoms with van der Waals surface area (Å²) in [6.45, 7) is 5.63. The minimum absolute atomic E-state index is 0.669. The van der Waals surface area contributed by atoms with Crippen molar-refractivity contribution in [2.24, 2.45) is 5.92 Å². The van der Waals surface area contributed by atoms with Crippen molar-refractivity contribution in [3.8, 4) is 0 Å². The van der Waals surface area contributed by atoms with Crippen molar-refractivity contribution in [2.75, 3.05) is 17.2 Å². The van der Waals surface area contributed by atoms with Crippen molar-refractivity contribution in [1.82, 2.24) is 4.98 Å². The number of fused-ring (bicyclic) bond motifs is 1. The Morgan fingerprint density at radius 1 is 1.44 bits per heavy atom. The summed E-state index contributed by atoms with van der Waals surface area (Å²) in [6, 6.07) is 6.68. The fourth-order valence-corrected chi connectivity index (χ4v) is 3.31. The van der Waals surface area contributed by atoms with Gasteiger partial charge in [-0.25, -0.2) is 4.98 Å². The summed E-state index contributed by atoms with van der Waals surface area (Å²) < 4.78 is 1.19. The highest BCUT2D eigenvalue weighted by molar-refractivity contribution is 7.22. The number of nitrogen functional groups attached to an aromatic ring is 1. The van der Waals surface area contributed by atoms with Crippen molar-refractivity contribution >= 4 is 32.4 Å². The molecule has 18 heavy (non-hydrogen) atoms. The van der Waals surface area contributed by atoms with Crippen LogP contribution < -0.4 is 10.6 Å². The Labute approximate surface area is 112 Å². The second kappa shape index (κ2) is 4.43. The molecule has 0 unspecified atom stereocenters. The minimum atomic E-state index is 0.669. The lowest BCUT2D eigenvalue weighted by Gasteiger charge is -2.23. The van der Waals surface area contributed by atoms with Gasteiger partial charge in [-0.05, 0) is 37.0 Å². The van der Waals surface area contributed by atoms with Crippen molar-refractivity contribution in [2.45, 2.75) is 32.7 Å². The second-order valence-corrected chi connectivity index (χ2v) is 6.51. The average molecular weight is 261 g/mol. The molecule has 0 bridgehead atoms.